The van der Waals surface area contributed by atoms with E-state index in [1.165, 1.54) is 4.90 Å². The zero-order valence-electron chi connectivity index (χ0n) is 17.2. The number of pyridine rings is 3. The van der Waals surface area contributed by atoms with Gasteiger partial charge in [0.25, 0.3) is 11.7 Å². The van der Waals surface area contributed by atoms with Crippen LogP contribution in [0.1, 0.15) is 28.6 Å². The van der Waals surface area contributed by atoms with Gasteiger partial charge in [-0.3, -0.25) is 24.0 Å². The Labute approximate surface area is 183 Å². The van der Waals surface area contributed by atoms with Gasteiger partial charge in [-0.1, -0.05) is 18.2 Å². The molecule has 1 aliphatic rings. The minimum Gasteiger partial charge on any atom is -0.505 e. The fourth-order valence-corrected chi connectivity index (χ4v) is 4.14. The van der Waals surface area contributed by atoms with Crippen LogP contribution in [0.2, 0.25) is 0 Å². The minimum absolute atomic E-state index is 0.0145. The maximum absolute atomic E-state index is 13.2. The molecule has 4 aromatic heterocycles. The van der Waals surface area contributed by atoms with Crippen molar-refractivity contribution in [3.63, 3.8) is 0 Å². The molecule has 5 rings (SSSR count). The zero-order chi connectivity index (χ0) is 22.2. The van der Waals surface area contributed by atoms with Crippen molar-refractivity contribution in [1.82, 2.24) is 24.3 Å². The Hall–Kier alpha value is -4.33. The molecule has 1 fully saturated rings. The molecule has 5 heterocycles. The fraction of sp³-hybridized carbons (Fsp3) is 0.125. The van der Waals surface area contributed by atoms with Crippen LogP contribution in [0.5, 0.6) is 0 Å². The summed E-state index contributed by atoms with van der Waals surface area (Å²) in [4.78, 5) is 40.5. The molecular formula is C24H19N5O3. The maximum Gasteiger partial charge on any atom is 0.295 e. The summed E-state index contributed by atoms with van der Waals surface area (Å²) in [5.74, 6) is -1.69. The van der Waals surface area contributed by atoms with E-state index >= 15 is 0 Å². The highest BCUT2D eigenvalue weighted by molar-refractivity contribution is 6.46. The second-order valence-electron chi connectivity index (χ2n) is 7.55. The highest BCUT2D eigenvalue weighted by atomic mass is 16.3. The van der Waals surface area contributed by atoms with Gasteiger partial charge in [0, 0.05) is 37.5 Å². The first-order valence-electron chi connectivity index (χ1n) is 10.1. The van der Waals surface area contributed by atoms with Gasteiger partial charge in [-0.2, -0.15) is 0 Å². The van der Waals surface area contributed by atoms with Gasteiger partial charge < -0.3 is 10.0 Å². The van der Waals surface area contributed by atoms with Crippen molar-refractivity contribution in [3.8, 4) is 0 Å². The predicted octanol–water partition coefficient (Wildman–Crippen LogP) is 3.05. The smallest absolute Gasteiger partial charge is 0.295 e. The number of aliphatic hydroxyl groups is 1. The number of nitrogens with zero attached hydrogens (tertiary/aromatic N) is 5. The van der Waals surface area contributed by atoms with Crippen LogP contribution in [0, 0.1) is 6.92 Å². The van der Waals surface area contributed by atoms with Gasteiger partial charge >= 0.3 is 0 Å². The molecule has 158 valence electrons. The largest absolute Gasteiger partial charge is 0.505 e. The summed E-state index contributed by atoms with van der Waals surface area (Å²) in [7, 11) is 0. The lowest BCUT2D eigenvalue weighted by atomic mass is 9.97. The predicted molar refractivity (Wildman–Crippen MR) is 116 cm³/mol. The number of rotatable bonds is 4. The van der Waals surface area contributed by atoms with Crippen LogP contribution in [-0.4, -0.2) is 41.0 Å². The molecule has 0 bridgehead atoms. The normalized spacial score (nSPS) is 17.9. The molecule has 1 unspecified atom stereocenters. The van der Waals surface area contributed by atoms with Crippen molar-refractivity contribution in [2.75, 3.05) is 0 Å². The van der Waals surface area contributed by atoms with Crippen LogP contribution in [0.15, 0.2) is 79.0 Å². The Bertz CT molecular complexity index is 1360. The number of carbonyl (C=O) groups excluding carboxylic acids is 2. The average Bonchev–Trinajstić information content (AvgIpc) is 3.28. The number of ketones is 1. The van der Waals surface area contributed by atoms with E-state index in [9.17, 15) is 14.7 Å². The second kappa shape index (κ2) is 7.73. The van der Waals surface area contributed by atoms with Gasteiger partial charge in [-0.25, -0.2) is 4.98 Å². The molecular weight excluding hydrogens is 406 g/mol. The third kappa shape index (κ3) is 3.13. The van der Waals surface area contributed by atoms with E-state index in [4.69, 9.17) is 0 Å². The van der Waals surface area contributed by atoms with Gasteiger partial charge in [0.2, 0.25) is 0 Å². The lowest BCUT2D eigenvalue weighted by molar-refractivity contribution is -0.140. The van der Waals surface area contributed by atoms with Crippen LogP contribution >= 0.6 is 0 Å². The summed E-state index contributed by atoms with van der Waals surface area (Å²) in [5, 5.41) is 11.4. The number of aromatic nitrogens is 4. The van der Waals surface area contributed by atoms with Gasteiger partial charge in [0.1, 0.15) is 11.3 Å². The number of hydrogen-bond acceptors (Lipinski definition) is 6. The van der Waals surface area contributed by atoms with Crippen LogP contribution in [0.4, 0.5) is 0 Å². The molecule has 0 radical (unpaired) electrons. The third-order valence-electron chi connectivity index (χ3n) is 5.54. The Morgan fingerprint density at radius 2 is 1.81 bits per heavy atom. The molecule has 32 heavy (non-hydrogen) atoms. The molecule has 0 aliphatic carbocycles. The first-order chi connectivity index (χ1) is 15.6. The molecule has 0 saturated carbocycles. The van der Waals surface area contributed by atoms with E-state index in [2.05, 4.69) is 15.0 Å². The van der Waals surface area contributed by atoms with Crippen molar-refractivity contribution in [2.45, 2.75) is 19.5 Å². The van der Waals surface area contributed by atoms with E-state index in [-0.39, 0.29) is 17.9 Å². The second-order valence-corrected chi connectivity index (χ2v) is 7.55. The fourth-order valence-electron chi connectivity index (χ4n) is 4.14. The average molecular weight is 425 g/mol. The molecule has 1 aliphatic heterocycles. The van der Waals surface area contributed by atoms with Gasteiger partial charge in [0.15, 0.2) is 5.76 Å². The van der Waals surface area contributed by atoms with Gasteiger partial charge in [0.05, 0.1) is 17.3 Å². The molecule has 1 amide bonds. The number of aliphatic hydroxyl groups excluding tert-OH is 1. The van der Waals surface area contributed by atoms with Crippen molar-refractivity contribution in [1.29, 1.82) is 0 Å². The Morgan fingerprint density at radius 1 is 1.03 bits per heavy atom. The topological polar surface area (TPSA) is 101 Å². The summed E-state index contributed by atoms with van der Waals surface area (Å²) in [6, 6.07) is 11.8. The quantitative estimate of drug-likeness (QED) is 0.306. The van der Waals surface area contributed by atoms with Crippen molar-refractivity contribution < 1.29 is 14.7 Å². The SMILES string of the molecule is Cc1nc2ccccn2c1/C(O)=C1\C(=O)C(=O)N(Cc2cccnc2)C1c1cccnc1. The Balaban J connectivity index is 1.71. The van der Waals surface area contributed by atoms with Gasteiger partial charge in [-0.15, -0.1) is 0 Å². The van der Waals surface area contributed by atoms with E-state index in [1.54, 1.807) is 60.5 Å². The van der Waals surface area contributed by atoms with E-state index in [0.717, 1.165) is 5.56 Å². The van der Waals surface area contributed by atoms with E-state index in [1.807, 2.05) is 24.3 Å². The summed E-state index contributed by atoms with van der Waals surface area (Å²) in [5.41, 5.74) is 2.98. The molecule has 1 N–H and O–H groups in total. The number of Topliss-reactive ketones (excluding diaryl/α,β-unsaturated/α-hetero) is 1. The molecule has 4 aromatic rings. The van der Waals surface area contributed by atoms with Crippen LogP contribution in [0.25, 0.3) is 11.4 Å². The molecule has 8 nitrogen and oxygen atoms in total. The first kappa shape index (κ1) is 19.6. The molecule has 1 saturated heterocycles. The molecule has 8 heteroatoms. The standard InChI is InChI=1S/C24H19N5O3/c1-15-20(28-11-3-2-8-18(28)27-15)22(30)19-21(17-7-5-10-26-13-17)29(24(32)23(19)31)14-16-6-4-9-25-12-16/h2-13,21,30H,14H2,1H3/b22-19+. The highest BCUT2D eigenvalue weighted by Crippen LogP contribution is 2.40. The summed E-state index contributed by atoms with van der Waals surface area (Å²) in [6.07, 6.45) is 8.26. The van der Waals surface area contributed by atoms with Crippen LogP contribution < -0.4 is 0 Å². The van der Waals surface area contributed by atoms with Crippen LogP contribution in [0.3, 0.4) is 0 Å². The third-order valence-corrected chi connectivity index (χ3v) is 5.54. The van der Waals surface area contributed by atoms with Crippen molar-refractivity contribution >= 4 is 23.1 Å². The lowest BCUT2D eigenvalue weighted by Crippen LogP contribution is -2.29. The molecule has 0 aromatic carbocycles. The molecule has 1 atom stereocenters. The highest BCUT2D eigenvalue weighted by Gasteiger charge is 2.46. The number of fused-ring (bicyclic) bond motifs is 1. The number of likely N-dealkylation sites (tertiary alicyclic amines) is 1. The number of amides is 1. The van der Waals surface area contributed by atoms with Crippen molar-refractivity contribution in [2.24, 2.45) is 0 Å². The number of imidazole rings is 1. The number of carbonyl (C=O) groups is 2. The first-order valence-corrected chi connectivity index (χ1v) is 10.1. The number of hydrogen-bond donors (Lipinski definition) is 1. The monoisotopic (exact) mass is 425 g/mol. The Kier molecular flexibility index (Phi) is 4.74. The number of aryl methyl sites for hydroxylation is 1. The lowest BCUT2D eigenvalue weighted by Gasteiger charge is -2.25. The van der Waals surface area contributed by atoms with E-state index < -0.39 is 17.7 Å². The van der Waals surface area contributed by atoms with Gasteiger partial charge in [-0.05, 0) is 42.3 Å². The minimum atomic E-state index is -0.794. The zero-order valence-corrected chi connectivity index (χ0v) is 17.2. The van der Waals surface area contributed by atoms with E-state index in [0.29, 0.717) is 22.6 Å². The molecule has 0 spiro atoms. The summed E-state index contributed by atoms with van der Waals surface area (Å²) >= 11 is 0. The summed E-state index contributed by atoms with van der Waals surface area (Å²) < 4.78 is 1.71. The maximum atomic E-state index is 13.2. The summed E-state index contributed by atoms with van der Waals surface area (Å²) in [6.45, 7) is 1.92. The Morgan fingerprint density at radius 3 is 2.53 bits per heavy atom. The van der Waals surface area contributed by atoms with Crippen LogP contribution in [-0.2, 0) is 16.1 Å². The van der Waals surface area contributed by atoms with Crippen molar-refractivity contribution in [3.05, 3.63) is 102 Å².